The van der Waals surface area contributed by atoms with Crippen LogP contribution in [0.15, 0.2) is 11.5 Å². The summed E-state index contributed by atoms with van der Waals surface area (Å²) in [7, 11) is -1.45. The van der Waals surface area contributed by atoms with Gasteiger partial charge in [0.25, 0.3) is 0 Å². The van der Waals surface area contributed by atoms with Gasteiger partial charge in [0.05, 0.1) is 5.38 Å². The fraction of sp³-hybridized carbons (Fsp3) is 0.727. The maximum atomic E-state index is 11.4. The Morgan fingerprint density at radius 2 is 1.79 bits per heavy atom. The van der Waals surface area contributed by atoms with Crippen LogP contribution in [0.4, 0.5) is 0 Å². The predicted molar refractivity (Wildman–Crippen MR) is 60.8 cm³/mol. The molecule has 1 aliphatic rings. The molecule has 3 heteroatoms. The van der Waals surface area contributed by atoms with E-state index in [4.69, 9.17) is 4.74 Å². The number of hydrogen-bond donors (Lipinski definition) is 0. The maximum absolute atomic E-state index is 11.4. The first kappa shape index (κ1) is 11.5. The van der Waals surface area contributed by atoms with Gasteiger partial charge in [-0.1, -0.05) is 38.9 Å². The average molecular weight is 212 g/mol. The Kier molecular flexibility index (Phi) is 3.53. The molecule has 0 aromatic rings. The van der Waals surface area contributed by atoms with Crippen LogP contribution in [0, 0.1) is 0 Å². The standard InChI is InChI=1S/C11H20O2Si/c1-5-14(6-2,7-3)11-8-10(12)9(4)13-11/h8-9H,5-7H2,1-4H3. The van der Waals surface area contributed by atoms with Gasteiger partial charge >= 0.3 is 0 Å². The van der Waals surface area contributed by atoms with Crippen molar-refractivity contribution in [1.82, 2.24) is 0 Å². The van der Waals surface area contributed by atoms with Crippen LogP contribution in [-0.2, 0) is 9.53 Å². The van der Waals surface area contributed by atoms with Gasteiger partial charge in [0.2, 0.25) is 0 Å². The molecule has 0 aromatic carbocycles. The minimum atomic E-state index is -1.45. The summed E-state index contributed by atoms with van der Waals surface area (Å²) >= 11 is 0. The van der Waals surface area contributed by atoms with Crippen LogP contribution in [0.3, 0.4) is 0 Å². The summed E-state index contributed by atoms with van der Waals surface area (Å²) in [6, 6.07) is 3.52. The third-order valence-corrected chi connectivity index (χ3v) is 8.90. The quantitative estimate of drug-likeness (QED) is 0.670. The van der Waals surface area contributed by atoms with Gasteiger partial charge in [0, 0.05) is 6.08 Å². The molecule has 0 saturated carbocycles. The second-order valence-electron chi connectivity index (χ2n) is 4.01. The third-order valence-electron chi connectivity index (χ3n) is 3.53. The largest absolute Gasteiger partial charge is 0.492 e. The zero-order chi connectivity index (χ0) is 10.8. The first-order valence-corrected chi connectivity index (χ1v) is 8.14. The van der Waals surface area contributed by atoms with E-state index in [0.717, 1.165) is 5.38 Å². The Morgan fingerprint density at radius 1 is 1.29 bits per heavy atom. The van der Waals surface area contributed by atoms with Crippen LogP contribution in [0.2, 0.25) is 18.1 Å². The summed E-state index contributed by atoms with van der Waals surface area (Å²) < 4.78 is 5.69. The van der Waals surface area contributed by atoms with Gasteiger partial charge in [-0.05, 0) is 6.92 Å². The maximum Gasteiger partial charge on any atom is 0.198 e. The molecular formula is C11H20O2Si. The molecule has 0 aromatic heterocycles. The summed E-state index contributed by atoms with van der Waals surface area (Å²) in [5, 5.41) is 1.04. The lowest BCUT2D eigenvalue weighted by atomic mass is 10.3. The fourth-order valence-corrected chi connectivity index (χ4v) is 5.50. The van der Waals surface area contributed by atoms with Gasteiger partial charge in [-0.2, -0.15) is 0 Å². The van der Waals surface area contributed by atoms with Crippen LogP contribution < -0.4 is 0 Å². The second-order valence-corrected chi connectivity index (χ2v) is 9.19. The van der Waals surface area contributed by atoms with E-state index >= 15 is 0 Å². The summed E-state index contributed by atoms with van der Waals surface area (Å²) in [5.74, 6) is 0.146. The van der Waals surface area contributed by atoms with Crippen LogP contribution >= 0.6 is 0 Å². The molecular weight excluding hydrogens is 192 g/mol. The smallest absolute Gasteiger partial charge is 0.198 e. The molecule has 0 aliphatic carbocycles. The Bertz CT molecular complexity index is 246. The highest BCUT2D eigenvalue weighted by molar-refractivity contribution is 6.86. The number of carbonyl (C=O) groups is 1. The Hall–Kier alpha value is -0.573. The first-order valence-electron chi connectivity index (χ1n) is 5.52. The van der Waals surface area contributed by atoms with Crippen molar-refractivity contribution in [2.75, 3.05) is 0 Å². The van der Waals surface area contributed by atoms with Crippen molar-refractivity contribution in [2.24, 2.45) is 0 Å². The van der Waals surface area contributed by atoms with E-state index in [1.54, 1.807) is 6.08 Å². The highest BCUT2D eigenvalue weighted by atomic mass is 28.3. The van der Waals surface area contributed by atoms with E-state index in [1.165, 1.54) is 18.1 Å². The van der Waals surface area contributed by atoms with Crippen molar-refractivity contribution in [1.29, 1.82) is 0 Å². The molecule has 0 spiro atoms. The Balaban J connectivity index is 2.91. The molecule has 0 N–H and O–H groups in total. The van der Waals surface area contributed by atoms with Crippen LogP contribution in [0.25, 0.3) is 0 Å². The van der Waals surface area contributed by atoms with Crippen molar-refractivity contribution >= 4 is 13.9 Å². The van der Waals surface area contributed by atoms with E-state index in [1.807, 2.05) is 6.92 Å². The Labute approximate surface area is 87.3 Å². The molecule has 2 nitrogen and oxygen atoms in total. The highest BCUT2D eigenvalue weighted by Gasteiger charge is 2.38. The predicted octanol–water partition coefficient (Wildman–Crippen LogP) is 2.91. The Morgan fingerprint density at radius 3 is 2.07 bits per heavy atom. The van der Waals surface area contributed by atoms with Crippen molar-refractivity contribution in [3.63, 3.8) is 0 Å². The molecule has 0 fully saturated rings. The van der Waals surface area contributed by atoms with Gasteiger partial charge in [-0.3, -0.25) is 4.79 Å². The normalized spacial score (nSPS) is 22.1. The summed E-state index contributed by atoms with van der Waals surface area (Å²) in [4.78, 5) is 11.4. The number of ketones is 1. The molecule has 0 saturated heterocycles. The van der Waals surface area contributed by atoms with Crippen LogP contribution in [0.1, 0.15) is 27.7 Å². The van der Waals surface area contributed by atoms with Crippen molar-refractivity contribution < 1.29 is 9.53 Å². The molecule has 0 bridgehead atoms. The van der Waals surface area contributed by atoms with E-state index in [-0.39, 0.29) is 11.9 Å². The van der Waals surface area contributed by atoms with E-state index in [0.29, 0.717) is 0 Å². The number of ether oxygens (including phenoxy) is 1. The average Bonchev–Trinajstić information content (AvgIpc) is 2.51. The van der Waals surface area contributed by atoms with Crippen LogP contribution in [-0.4, -0.2) is 20.0 Å². The van der Waals surface area contributed by atoms with Gasteiger partial charge < -0.3 is 4.74 Å². The topological polar surface area (TPSA) is 26.3 Å². The second kappa shape index (κ2) is 4.30. The summed E-state index contributed by atoms with van der Waals surface area (Å²) in [5.41, 5.74) is 0. The number of rotatable bonds is 4. The minimum absolute atomic E-state index is 0.146. The minimum Gasteiger partial charge on any atom is -0.492 e. The lowest BCUT2D eigenvalue weighted by molar-refractivity contribution is -0.119. The summed E-state index contributed by atoms with van der Waals surface area (Å²) in [6.07, 6.45) is 1.52. The monoisotopic (exact) mass is 212 g/mol. The fourth-order valence-electron chi connectivity index (χ4n) is 2.08. The molecule has 14 heavy (non-hydrogen) atoms. The zero-order valence-electron chi connectivity index (χ0n) is 9.59. The first-order chi connectivity index (χ1) is 6.59. The van der Waals surface area contributed by atoms with Gasteiger partial charge in [0.15, 0.2) is 11.9 Å². The van der Waals surface area contributed by atoms with E-state index < -0.39 is 8.07 Å². The van der Waals surface area contributed by atoms with Crippen molar-refractivity contribution in [3.05, 3.63) is 11.5 Å². The molecule has 1 atom stereocenters. The number of hydrogen-bond acceptors (Lipinski definition) is 2. The van der Waals surface area contributed by atoms with Gasteiger partial charge in [-0.15, -0.1) is 0 Å². The van der Waals surface area contributed by atoms with Crippen LogP contribution in [0.5, 0.6) is 0 Å². The molecule has 0 radical (unpaired) electrons. The molecule has 1 unspecified atom stereocenters. The number of carbonyl (C=O) groups excluding carboxylic acids is 1. The zero-order valence-corrected chi connectivity index (χ0v) is 10.6. The van der Waals surface area contributed by atoms with Crippen molar-refractivity contribution in [2.45, 2.75) is 51.9 Å². The third kappa shape index (κ3) is 1.78. The lowest BCUT2D eigenvalue weighted by Crippen LogP contribution is -2.35. The molecule has 1 heterocycles. The molecule has 80 valence electrons. The SMILES string of the molecule is CC[Si](CC)(CC)C1=CC(=O)C(C)O1. The lowest BCUT2D eigenvalue weighted by Gasteiger charge is -2.28. The summed E-state index contributed by atoms with van der Waals surface area (Å²) in [6.45, 7) is 8.50. The van der Waals surface area contributed by atoms with Gasteiger partial charge in [0.1, 0.15) is 8.07 Å². The molecule has 1 aliphatic heterocycles. The molecule has 1 rings (SSSR count). The van der Waals surface area contributed by atoms with Crippen molar-refractivity contribution in [3.8, 4) is 0 Å². The van der Waals surface area contributed by atoms with E-state index in [9.17, 15) is 4.79 Å². The highest BCUT2D eigenvalue weighted by Crippen LogP contribution is 2.32. The van der Waals surface area contributed by atoms with E-state index in [2.05, 4.69) is 20.8 Å². The molecule has 0 amide bonds. The van der Waals surface area contributed by atoms with Gasteiger partial charge in [-0.25, -0.2) is 0 Å².